The van der Waals surface area contributed by atoms with E-state index in [0.29, 0.717) is 29.0 Å². The first-order chi connectivity index (χ1) is 18.5. The highest BCUT2D eigenvalue weighted by Crippen LogP contribution is 2.44. The third-order valence-electron chi connectivity index (χ3n) is 9.04. The van der Waals surface area contributed by atoms with E-state index in [1.54, 1.807) is 0 Å². The third kappa shape index (κ3) is 5.49. The Labute approximate surface area is 237 Å². The van der Waals surface area contributed by atoms with Crippen molar-refractivity contribution in [2.45, 2.75) is 127 Å². The molecular weight excluding hydrogens is 481 g/mol. The van der Waals surface area contributed by atoms with E-state index in [9.17, 15) is 0 Å². The zero-order valence-electron chi connectivity index (χ0n) is 26.4. The first kappa shape index (κ1) is 30.8. The zero-order valence-corrected chi connectivity index (χ0v) is 26.4. The number of aromatic nitrogens is 2. The summed E-state index contributed by atoms with van der Waals surface area (Å²) in [5.41, 5.74) is 9.68. The molecule has 1 aromatic carbocycles. The van der Waals surface area contributed by atoms with Crippen molar-refractivity contribution < 1.29 is 4.39 Å². The van der Waals surface area contributed by atoms with Crippen LogP contribution in [0.4, 0.5) is 10.2 Å². The Bertz CT molecular complexity index is 1340. The van der Waals surface area contributed by atoms with Crippen LogP contribution in [0, 0.1) is 12.7 Å². The van der Waals surface area contributed by atoms with Crippen LogP contribution in [-0.4, -0.2) is 22.1 Å². The van der Waals surface area contributed by atoms with Gasteiger partial charge < -0.3 is 4.90 Å². The standard InChI is InChI=1S/C35H50FN3/c1-13-21(8)23(10)30(22(9)20(6)7)24(11)31-28(16-4)29(17-5)32-34(33(31)36)37-25(12)38-35(32)39-26(14-2)18-19-27(39)15-3/h13,26-27H,11,14-19H2,1-10,12H3/b21-13-,30-23-. The number of nitrogens with zero attached hydrogens (tertiary/aromatic N) is 3. The number of hydrogen-bond acceptors (Lipinski definition) is 3. The van der Waals surface area contributed by atoms with Crippen molar-refractivity contribution in [3.63, 3.8) is 0 Å². The van der Waals surface area contributed by atoms with Crippen molar-refractivity contribution in [3.05, 3.63) is 68.9 Å². The summed E-state index contributed by atoms with van der Waals surface area (Å²) in [7, 11) is 0. The number of hydrogen-bond donors (Lipinski definition) is 0. The summed E-state index contributed by atoms with van der Waals surface area (Å²) in [6.45, 7) is 27.9. The molecule has 1 fully saturated rings. The molecule has 3 nitrogen and oxygen atoms in total. The van der Waals surface area contributed by atoms with Gasteiger partial charge in [-0.05, 0) is 120 Å². The van der Waals surface area contributed by atoms with Crippen LogP contribution in [-0.2, 0) is 12.8 Å². The number of anilines is 1. The number of allylic oxidation sites excluding steroid dienone is 7. The lowest BCUT2D eigenvalue weighted by Crippen LogP contribution is -2.36. The zero-order chi connectivity index (χ0) is 29.2. The fourth-order valence-corrected chi connectivity index (χ4v) is 6.46. The van der Waals surface area contributed by atoms with E-state index in [2.05, 4.69) is 79.9 Å². The molecule has 2 unspecified atom stereocenters. The summed E-state index contributed by atoms with van der Waals surface area (Å²) in [6.07, 6.45) is 8.03. The van der Waals surface area contributed by atoms with Gasteiger partial charge in [-0.3, -0.25) is 0 Å². The van der Waals surface area contributed by atoms with Crippen molar-refractivity contribution in [2.75, 3.05) is 4.90 Å². The second-order valence-corrected chi connectivity index (χ2v) is 11.4. The van der Waals surface area contributed by atoms with Crippen molar-refractivity contribution in [3.8, 4) is 0 Å². The highest BCUT2D eigenvalue weighted by Gasteiger charge is 2.35. The molecule has 2 atom stereocenters. The van der Waals surface area contributed by atoms with Crippen LogP contribution in [0.5, 0.6) is 0 Å². The Morgan fingerprint density at radius 1 is 0.923 bits per heavy atom. The van der Waals surface area contributed by atoms with Gasteiger partial charge >= 0.3 is 0 Å². The molecule has 2 heterocycles. The molecule has 212 valence electrons. The average molecular weight is 532 g/mol. The van der Waals surface area contributed by atoms with Crippen LogP contribution in [0.2, 0.25) is 0 Å². The maximum atomic E-state index is 17.0. The summed E-state index contributed by atoms with van der Waals surface area (Å²) in [5.74, 6) is 1.28. The minimum atomic E-state index is -0.263. The second kappa shape index (κ2) is 12.6. The number of fused-ring (bicyclic) bond motifs is 1. The summed E-state index contributed by atoms with van der Waals surface area (Å²) in [6, 6.07) is 0.836. The molecule has 1 saturated heterocycles. The monoisotopic (exact) mass is 531 g/mol. The molecule has 3 rings (SSSR count). The van der Waals surface area contributed by atoms with E-state index in [4.69, 9.17) is 9.97 Å². The predicted octanol–water partition coefficient (Wildman–Crippen LogP) is 10.0. The third-order valence-corrected chi connectivity index (χ3v) is 9.04. The molecule has 1 aliphatic heterocycles. The molecule has 0 amide bonds. The van der Waals surface area contributed by atoms with Gasteiger partial charge in [0.05, 0.1) is 0 Å². The van der Waals surface area contributed by atoms with E-state index in [-0.39, 0.29) is 5.82 Å². The summed E-state index contributed by atoms with van der Waals surface area (Å²) in [5, 5.41) is 0.902. The smallest absolute Gasteiger partial charge is 0.157 e. The quantitative estimate of drug-likeness (QED) is 0.301. The van der Waals surface area contributed by atoms with Crippen LogP contribution >= 0.6 is 0 Å². The lowest BCUT2D eigenvalue weighted by atomic mass is 9.82. The SMILES string of the molecule is C=C(/C(C(C)=C(C)C)=C(C)\C(C)=C/C)c1c(CC)c(CC)c2c(N3C(CC)CCC3CC)nc(C)nc2c1F. The maximum Gasteiger partial charge on any atom is 0.157 e. The van der Waals surface area contributed by atoms with Crippen molar-refractivity contribution >= 4 is 22.3 Å². The molecule has 0 N–H and O–H groups in total. The molecular formula is C35H50FN3. The number of benzene rings is 1. The molecule has 0 spiro atoms. The molecule has 0 aliphatic carbocycles. The molecule has 1 aliphatic rings. The van der Waals surface area contributed by atoms with Crippen LogP contribution in [0.15, 0.2) is 40.5 Å². The summed E-state index contributed by atoms with van der Waals surface area (Å²) < 4.78 is 17.0. The van der Waals surface area contributed by atoms with Gasteiger partial charge in [-0.15, -0.1) is 0 Å². The minimum absolute atomic E-state index is 0.263. The fraction of sp³-hybridized carbons (Fsp3) is 0.543. The van der Waals surface area contributed by atoms with E-state index in [1.807, 2.05) is 13.8 Å². The fourth-order valence-electron chi connectivity index (χ4n) is 6.46. The van der Waals surface area contributed by atoms with Crippen molar-refractivity contribution in [1.29, 1.82) is 0 Å². The van der Waals surface area contributed by atoms with Gasteiger partial charge in [-0.25, -0.2) is 14.4 Å². The van der Waals surface area contributed by atoms with Gasteiger partial charge in [0.25, 0.3) is 0 Å². The summed E-state index contributed by atoms with van der Waals surface area (Å²) >= 11 is 0. The van der Waals surface area contributed by atoms with Crippen LogP contribution in [0.3, 0.4) is 0 Å². The van der Waals surface area contributed by atoms with Gasteiger partial charge in [0, 0.05) is 23.0 Å². The van der Waals surface area contributed by atoms with E-state index < -0.39 is 0 Å². The molecule has 0 bridgehead atoms. The van der Waals surface area contributed by atoms with E-state index >= 15 is 4.39 Å². The maximum absolute atomic E-state index is 17.0. The van der Waals surface area contributed by atoms with Crippen LogP contribution < -0.4 is 4.90 Å². The summed E-state index contributed by atoms with van der Waals surface area (Å²) in [4.78, 5) is 12.3. The van der Waals surface area contributed by atoms with E-state index in [1.165, 1.54) is 11.1 Å². The lowest BCUT2D eigenvalue weighted by Gasteiger charge is -2.33. The Kier molecular flexibility index (Phi) is 9.96. The molecule has 2 aromatic rings. The minimum Gasteiger partial charge on any atom is -0.350 e. The van der Waals surface area contributed by atoms with Gasteiger partial charge in [0.2, 0.25) is 0 Å². The molecule has 39 heavy (non-hydrogen) atoms. The highest BCUT2D eigenvalue weighted by molar-refractivity contribution is 5.99. The van der Waals surface area contributed by atoms with Crippen LogP contribution in [0.25, 0.3) is 16.5 Å². The van der Waals surface area contributed by atoms with E-state index in [0.717, 1.165) is 83.1 Å². The second-order valence-electron chi connectivity index (χ2n) is 11.4. The van der Waals surface area contributed by atoms with Gasteiger partial charge in [0.1, 0.15) is 17.2 Å². The topological polar surface area (TPSA) is 29.0 Å². The Morgan fingerprint density at radius 3 is 1.95 bits per heavy atom. The van der Waals surface area contributed by atoms with Crippen molar-refractivity contribution in [1.82, 2.24) is 9.97 Å². The van der Waals surface area contributed by atoms with Gasteiger partial charge in [-0.2, -0.15) is 0 Å². The normalized spacial score (nSPS) is 18.6. The molecule has 1 aromatic heterocycles. The Hall–Kier alpha value is -2.75. The average Bonchev–Trinajstić information content (AvgIpc) is 3.34. The Balaban J connectivity index is 2.50. The number of rotatable bonds is 9. The number of halogens is 1. The molecule has 0 radical (unpaired) electrons. The predicted molar refractivity (Wildman–Crippen MR) is 168 cm³/mol. The first-order valence-electron chi connectivity index (χ1n) is 15.0. The number of aryl methyl sites for hydroxylation is 2. The first-order valence-corrected chi connectivity index (χ1v) is 15.0. The van der Waals surface area contributed by atoms with Gasteiger partial charge in [0.15, 0.2) is 5.82 Å². The van der Waals surface area contributed by atoms with Crippen LogP contribution in [0.1, 0.15) is 117 Å². The lowest BCUT2D eigenvalue weighted by molar-refractivity contribution is 0.592. The molecule has 0 saturated carbocycles. The van der Waals surface area contributed by atoms with Crippen molar-refractivity contribution in [2.24, 2.45) is 0 Å². The largest absolute Gasteiger partial charge is 0.350 e. The Morgan fingerprint density at radius 2 is 1.49 bits per heavy atom. The molecule has 4 heteroatoms. The highest BCUT2D eigenvalue weighted by atomic mass is 19.1. The van der Waals surface area contributed by atoms with Gasteiger partial charge in [-0.1, -0.05) is 51.5 Å².